The van der Waals surface area contributed by atoms with Crippen molar-refractivity contribution in [3.05, 3.63) is 23.5 Å². The van der Waals surface area contributed by atoms with Crippen LogP contribution in [0, 0.1) is 0 Å². The zero-order valence-corrected chi connectivity index (χ0v) is 16.0. The van der Waals surface area contributed by atoms with E-state index in [0.29, 0.717) is 5.57 Å². The van der Waals surface area contributed by atoms with Crippen LogP contribution in [0.25, 0.3) is 0 Å². The van der Waals surface area contributed by atoms with Crippen LogP contribution in [0.1, 0.15) is 97.8 Å². The number of unbranched alkanes of at least 4 members (excludes halogenated alkanes) is 11. The summed E-state index contributed by atoms with van der Waals surface area (Å²) < 4.78 is 0. The van der Waals surface area contributed by atoms with Gasteiger partial charge in [-0.3, -0.25) is 4.79 Å². The molecular weight excluding hydrogens is 300 g/mol. The molecule has 0 aliphatic carbocycles. The van der Waals surface area contributed by atoms with Gasteiger partial charge in [0, 0.05) is 0 Å². The van der Waals surface area contributed by atoms with Crippen LogP contribution < -0.4 is 0 Å². The summed E-state index contributed by atoms with van der Waals surface area (Å²) in [5, 5.41) is 19.2. The maximum atomic E-state index is 11.7. The van der Waals surface area contributed by atoms with Gasteiger partial charge in [-0.1, -0.05) is 77.2 Å². The van der Waals surface area contributed by atoms with Crippen LogP contribution >= 0.6 is 0 Å². The van der Waals surface area contributed by atoms with Gasteiger partial charge in [0.25, 0.3) is 0 Å². The fourth-order valence-electron chi connectivity index (χ4n) is 2.63. The summed E-state index contributed by atoms with van der Waals surface area (Å²) in [4.78, 5) is 11.7. The third-order valence-corrected chi connectivity index (χ3v) is 4.30. The molecule has 0 unspecified atom stereocenters. The van der Waals surface area contributed by atoms with E-state index in [1.54, 1.807) is 19.9 Å². The molecule has 0 bridgehead atoms. The van der Waals surface area contributed by atoms with Crippen LogP contribution in [0.2, 0.25) is 0 Å². The van der Waals surface area contributed by atoms with Crippen molar-refractivity contribution in [3.63, 3.8) is 0 Å². The second-order valence-corrected chi connectivity index (χ2v) is 6.92. The second kappa shape index (κ2) is 15.4. The first kappa shape index (κ1) is 22.9. The number of aliphatic hydroxyl groups excluding tert-OH is 2. The van der Waals surface area contributed by atoms with Gasteiger partial charge in [-0.2, -0.15) is 0 Å². The molecule has 0 aliphatic rings. The minimum Gasteiger partial charge on any atom is -0.509 e. The summed E-state index contributed by atoms with van der Waals surface area (Å²) in [5.74, 6) is -0.684. The average Bonchev–Trinajstić information content (AvgIpc) is 2.57. The van der Waals surface area contributed by atoms with E-state index in [0.717, 1.165) is 12.8 Å². The number of ketones is 1. The molecule has 0 rings (SSSR count). The summed E-state index contributed by atoms with van der Waals surface area (Å²) in [6, 6.07) is 0. The Labute approximate surface area is 148 Å². The molecule has 0 aromatic carbocycles. The van der Waals surface area contributed by atoms with E-state index in [1.807, 2.05) is 0 Å². The summed E-state index contributed by atoms with van der Waals surface area (Å²) in [6.07, 6.45) is 17.0. The molecule has 0 saturated heterocycles. The van der Waals surface area contributed by atoms with Crippen LogP contribution in [0.4, 0.5) is 0 Å². The highest BCUT2D eigenvalue weighted by Crippen LogP contribution is 2.12. The quantitative estimate of drug-likeness (QED) is 0.218. The third kappa shape index (κ3) is 12.3. The molecule has 0 heterocycles. The topological polar surface area (TPSA) is 57.5 Å². The Morgan fingerprint density at radius 2 is 1.33 bits per heavy atom. The lowest BCUT2D eigenvalue weighted by Crippen LogP contribution is -2.21. The maximum Gasteiger partial charge on any atom is 0.191 e. The van der Waals surface area contributed by atoms with Gasteiger partial charge >= 0.3 is 0 Å². The molecule has 0 amide bonds. The largest absolute Gasteiger partial charge is 0.509 e. The molecule has 0 saturated carbocycles. The number of hydrogen-bond acceptors (Lipinski definition) is 3. The predicted molar refractivity (Wildman–Crippen MR) is 102 cm³/mol. The molecule has 0 aliphatic heterocycles. The van der Waals surface area contributed by atoms with Crippen molar-refractivity contribution in [1.29, 1.82) is 0 Å². The van der Waals surface area contributed by atoms with Gasteiger partial charge in [0.1, 0.15) is 5.76 Å². The van der Waals surface area contributed by atoms with Gasteiger partial charge in [-0.15, -0.1) is 0 Å². The second-order valence-electron chi connectivity index (χ2n) is 6.92. The van der Waals surface area contributed by atoms with Crippen molar-refractivity contribution < 1.29 is 15.0 Å². The molecule has 3 nitrogen and oxygen atoms in total. The molecule has 0 aromatic heterocycles. The lowest BCUT2D eigenvalue weighted by Gasteiger charge is -2.07. The Kier molecular flexibility index (Phi) is 14.7. The van der Waals surface area contributed by atoms with Crippen LogP contribution in [0.5, 0.6) is 0 Å². The molecular formula is C21H38O3. The highest BCUT2D eigenvalue weighted by Gasteiger charge is 2.17. The lowest BCUT2D eigenvalue weighted by molar-refractivity contribution is -0.121. The van der Waals surface area contributed by atoms with Crippen molar-refractivity contribution in [2.45, 2.75) is 104 Å². The van der Waals surface area contributed by atoms with Crippen molar-refractivity contribution in [2.75, 3.05) is 0 Å². The SMILES string of the molecule is CCCCCCCCCCCCC/C=C/C(=O)[C@H](O)C(O)=C(C)C. The molecule has 24 heavy (non-hydrogen) atoms. The molecule has 2 N–H and O–H groups in total. The number of carbonyl (C=O) groups excluding carboxylic acids is 1. The van der Waals surface area contributed by atoms with Gasteiger partial charge in [0.05, 0.1) is 0 Å². The van der Waals surface area contributed by atoms with Gasteiger partial charge < -0.3 is 10.2 Å². The Morgan fingerprint density at radius 1 is 0.875 bits per heavy atom. The normalized spacial score (nSPS) is 12.5. The fraction of sp³-hybridized carbons (Fsp3) is 0.762. The molecule has 3 heteroatoms. The first-order valence-corrected chi connectivity index (χ1v) is 9.75. The van der Waals surface area contributed by atoms with Crippen molar-refractivity contribution in [2.24, 2.45) is 0 Å². The number of aliphatic hydroxyl groups is 2. The average molecular weight is 339 g/mol. The van der Waals surface area contributed by atoms with Crippen LogP contribution in [0.15, 0.2) is 23.5 Å². The Hall–Kier alpha value is -1.09. The van der Waals surface area contributed by atoms with E-state index in [2.05, 4.69) is 6.92 Å². The highest BCUT2D eigenvalue weighted by atomic mass is 16.3. The summed E-state index contributed by atoms with van der Waals surface area (Å²) in [6.45, 7) is 5.59. The number of hydrogen-bond donors (Lipinski definition) is 2. The predicted octanol–water partition coefficient (Wildman–Crippen LogP) is 6.03. The highest BCUT2D eigenvalue weighted by molar-refractivity contribution is 5.95. The molecule has 1 atom stereocenters. The van der Waals surface area contributed by atoms with Gasteiger partial charge in [-0.25, -0.2) is 0 Å². The van der Waals surface area contributed by atoms with E-state index >= 15 is 0 Å². The van der Waals surface area contributed by atoms with E-state index in [4.69, 9.17) is 0 Å². The molecule has 140 valence electrons. The Morgan fingerprint density at radius 3 is 1.79 bits per heavy atom. The van der Waals surface area contributed by atoms with E-state index in [-0.39, 0.29) is 5.76 Å². The zero-order valence-electron chi connectivity index (χ0n) is 16.0. The first-order valence-electron chi connectivity index (χ1n) is 9.75. The smallest absolute Gasteiger partial charge is 0.191 e. The summed E-state index contributed by atoms with van der Waals surface area (Å²) in [5.41, 5.74) is 0.564. The summed E-state index contributed by atoms with van der Waals surface area (Å²) >= 11 is 0. The molecule has 0 aromatic rings. The number of allylic oxidation sites excluding steroid dienone is 2. The van der Waals surface area contributed by atoms with Gasteiger partial charge in [0.2, 0.25) is 0 Å². The minimum atomic E-state index is -1.41. The van der Waals surface area contributed by atoms with Gasteiger partial charge in [0.15, 0.2) is 11.9 Å². The van der Waals surface area contributed by atoms with Crippen LogP contribution in [-0.4, -0.2) is 22.1 Å². The van der Waals surface area contributed by atoms with Crippen molar-refractivity contribution >= 4 is 5.78 Å². The first-order chi connectivity index (χ1) is 11.5. The monoisotopic (exact) mass is 338 g/mol. The standard InChI is InChI=1S/C21H38O3/c1-4-5-6-7-8-9-10-11-12-13-14-15-16-17-19(22)21(24)20(23)18(2)3/h16-17,21,23-24H,4-15H2,1-3H3/b17-16+/t21-/m0/s1. The van der Waals surface area contributed by atoms with Crippen LogP contribution in [-0.2, 0) is 4.79 Å². The molecule has 0 spiro atoms. The lowest BCUT2D eigenvalue weighted by atomic mass is 10.0. The number of rotatable bonds is 15. The van der Waals surface area contributed by atoms with E-state index in [9.17, 15) is 15.0 Å². The van der Waals surface area contributed by atoms with Gasteiger partial charge in [-0.05, 0) is 38.3 Å². The van der Waals surface area contributed by atoms with Crippen LogP contribution in [0.3, 0.4) is 0 Å². The summed E-state index contributed by atoms with van der Waals surface area (Å²) in [7, 11) is 0. The van der Waals surface area contributed by atoms with E-state index < -0.39 is 11.9 Å². The fourth-order valence-corrected chi connectivity index (χ4v) is 2.63. The maximum absolute atomic E-state index is 11.7. The zero-order chi connectivity index (χ0) is 18.2. The van der Waals surface area contributed by atoms with Crippen molar-refractivity contribution in [3.8, 4) is 0 Å². The van der Waals surface area contributed by atoms with Crippen molar-refractivity contribution in [1.82, 2.24) is 0 Å². The molecule has 0 fully saturated rings. The molecule has 0 radical (unpaired) electrons. The Balaban J connectivity index is 3.53. The third-order valence-electron chi connectivity index (χ3n) is 4.30. The number of carbonyl (C=O) groups is 1. The van der Waals surface area contributed by atoms with E-state index in [1.165, 1.54) is 70.3 Å². The minimum absolute atomic E-state index is 0.237. The Bertz CT molecular complexity index is 379.